The maximum Gasteiger partial charge on any atom is 0.0808 e. The van der Waals surface area contributed by atoms with E-state index in [-0.39, 0.29) is 0 Å². The van der Waals surface area contributed by atoms with Crippen LogP contribution >= 0.6 is 0 Å². The van der Waals surface area contributed by atoms with Crippen molar-refractivity contribution < 1.29 is 5.11 Å². The van der Waals surface area contributed by atoms with Gasteiger partial charge in [-0.2, -0.15) is 0 Å². The number of aliphatic hydroxyl groups is 1. The second kappa shape index (κ2) is 6.06. The number of para-hydroxylation sites is 1. The third kappa shape index (κ3) is 3.29. The van der Waals surface area contributed by atoms with Crippen LogP contribution in [-0.4, -0.2) is 10.1 Å². The third-order valence-corrected chi connectivity index (χ3v) is 3.79. The van der Waals surface area contributed by atoms with Crippen LogP contribution in [0, 0.1) is 6.92 Å². The van der Waals surface area contributed by atoms with E-state index in [0.717, 1.165) is 22.9 Å². The minimum atomic E-state index is -0.470. The van der Waals surface area contributed by atoms with E-state index in [2.05, 4.69) is 36.2 Å². The van der Waals surface area contributed by atoms with Gasteiger partial charge in [-0.15, -0.1) is 0 Å². The fraction of sp³-hybridized carbons (Fsp3) is 0.211. The first kappa shape index (κ1) is 13.8. The molecule has 2 nitrogen and oxygen atoms in total. The topological polar surface area (TPSA) is 33.1 Å². The van der Waals surface area contributed by atoms with Crippen molar-refractivity contribution in [3.05, 3.63) is 77.5 Å². The molecule has 0 amide bonds. The zero-order valence-corrected chi connectivity index (χ0v) is 12.2. The van der Waals surface area contributed by atoms with Gasteiger partial charge in [0.1, 0.15) is 0 Å². The summed E-state index contributed by atoms with van der Waals surface area (Å²) in [6.45, 7) is 2.09. The second-order valence-corrected chi connectivity index (χ2v) is 5.50. The maximum atomic E-state index is 10.4. The molecular weight excluding hydrogens is 258 g/mol. The standard InChI is InChI=1S/C19H19NO/c1-14-5-4-6-15(11-14)9-10-19(21)17-12-16-7-2-3-8-18(16)20-13-17/h2-8,11-13,19,21H,9-10H2,1H3. The summed E-state index contributed by atoms with van der Waals surface area (Å²) in [7, 11) is 0. The molecule has 21 heavy (non-hydrogen) atoms. The highest BCUT2D eigenvalue weighted by Crippen LogP contribution is 2.22. The summed E-state index contributed by atoms with van der Waals surface area (Å²) in [5, 5.41) is 11.4. The first-order chi connectivity index (χ1) is 10.2. The Morgan fingerprint density at radius 2 is 1.90 bits per heavy atom. The monoisotopic (exact) mass is 277 g/mol. The largest absolute Gasteiger partial charge is 0.388 e. The molecule has 0 bridgehead atoms. The van der Waals surface area contributed by atoms with Crippen molar-refractivity contribution in [1.29, 1.82) is 0 Å². The third-order valence-electron chi connectivity index (χ3n) is 3.79. The van der Waals surface area contributed by atoms with Crippen molar-refractivity contribution in [3.8, 4) is 0 Å². The minimum Gasteiger partial charge on any atom is -0.388 e. The molecule has 0 aliphatic carbocycles. The highest BCUT2D eigenvalue weighted by molar-refractivity contribution is 5.78. The van der Waals surface area contributed by atoms with Crippen LogP contribution in [0.1, 0.15) is 29.2 Å². The quantitative estimate of drug-likeness (QED) is 0.775. The average Bonchev–Trinajstić information content (AvgIpc) is 2.52. The number of aliphatic hydroxyl groups excluding tert-OH is 1. The molecule has 1 N–H and O–H groups in total. The highest BCUT2D eigenvalue weighted by Gasteiger charge is 2.09. The van der Waals surface area contributed by atoms with E-state index in [9.17, 15) is 5.11 Å². The number of fused-ring (bicyclic) bond motifs is 1. The molecule has 3 aromatic rings. The molecule has 0 saturated carbocycles. The van der Waals surface area contributed by atoms with Crippen molar-refractivity contribution in [2.45, 2.75) is 25.9 Å². The lowest BCUT2D eigenvalue weighted by molar-refractivity contribution is 0.167. The smallest absolute Gasteiger partial charge is 0.0808 e. The second-order valence-electron chi connectivity index (χ2n) is 5.50. The van der Waals surface area contributed by atoms with Gasteiger partial charge in [-0.3, -0.25) is 4.98 Å². The molecule has 0 aliphatic rings. The molecule has 2 heteroatoms. The Balaban J connectivity index is 1.73. The summed E-state index contributed by atoms with van der Waals surface area (Å²) in [5.74, 6) is 0. The number of pyridine rings is 1. The summed E-state index contributed by atoms with van der Waals surface area (Å²) in [5.41, 5.74) is 4.38. The van der Waals surface area contributed by atoms with Gasteiger partial charge in [-0.1, -0.05) is 48.0 Å². The van der Waals surface area contributed by atoms with Crippen molar-refractivity contribution in [1.82, 2.24) is 4.98 Å². The van der Waals surface area contributed by atoms with Crippen LogP contribution in [0.25, 0.3) is 10.9 Å². The van der Waals surface area contributed by atoms with Crippen molar-refractivity contribution >= 4 is 10.9 Å². The van der Waals surface area contributed by atoms with Gasteiger partial charge in [-0.25, -0.2) is 0 Å². The normalized spacial score (nSPS) is 12.5. The van der Waals surface area contributed by atoms with Gasteiger partial charge in [0.2, 0.25) is 0 Å². The number of benzene rings is 2. The first-order valence-corrected chi connectivity index (χ1v) is 7.31. The average molecular weight is 277 g/mol. The lowest BCUT2D eigenvalue weighted by Gasteiger charge is -2.11. The van der Waals surface area contributed by atoms with Crippen LogP contribution in [0.3, 0.4) is 0 Å². The predicted molar refractivity (Wildman–Crippen MR) is 86.2 cm³/mol. The summed E-state index contributed by atoms with van der Waals surface area (Å²) >= 11 is 0. The molecule has 0 fully saturated rings. The Morgan fingerprint density at radius 3 is 2.76 bits per heavy atom. The van der Waals surface area contributed by atoms with Crippen molar-refractivity contribution in [2.24, 2.45) is 0 Å². The molecule has 0 aliphatic heterocycles. The molecule has 1 aromatic heterocycles. The van der Waals surface area contributed by atoms with Crippen LogP contribution in [0.2, 0.25) is 0 Å². The Labute approximate surface area is 125 Å². The summed E-state index contributed by atoms with van der Waals surface area (Å²) in [4.78, 5) is 4.41. The van der Waals surface area contributed by atoms with E-state index in [1.54, 1.807) is 6.20 Å². The number of aromatic nitrogens is 1. The van der Waals surface area contributed by atoms with Crippen LogP contribution in [0.4, 0.5) is 0 Å². The Bertz CT molecular complexity index is 751. The molecule has 3 rings (SSSR count). The zero-order chi connectivity index (χ0) is 14.7. The first-order valence-electron chi connectivity index (χ1n) is 7.31. The molecule has 2 aromatic carbocycles. The Morgan fingerprint density at radius 1 is 1.05 bits per heavy atom. The molecule has 0 saturated heterocycles. The molecule has 0 radical (unpaired) electrons. The van der Waals surface area contributed by atoms with Crippen molar-refractivity contribution in [2.75, 3.05) is 0 Å². The summed E-state index contributed by atoms with van der Waals surface area (Å²) in [6, 6.07) is 18.4. The zero-order valence-electron chi connectivity index (χ0n) is 12.2. The lowest BCUT2D eigenvalue weighted by Crippen LogP contribution is -2.00. The number of hydrogen-bond acceptors (Lipinski definition) is 2. The van der Waals surface area contributed by atoms with Crippen LogP contribution in [0.15, 0.2) is 60.8 Å². The van der Waals surface area contributed by atoms with E-state index < -0.39 is 6.10 Å². The van der Waals surface area contributed by atoms with Gasteiger partial charge in [0, 0.05) is 11.6 Å². The molecule has 106 valence electrons. The SMILES string of the molecule is Cc1cccc(CCC(O)c2cnc3ccccc3c2)c1. The fourth-order valence-corrected chi connectivity index (χ4v) is 2.61. The van der Waals surface area contributed by atoms with Crippen LogP contribution < -0.4 is 0 Å². The molecule has 1 atom stereocenters. The number of aryl methyl sites for hydroxylation is 2. The molecule has 1 unspecified atom stereocenters. The highest BCUT2D eigenvalue weighted by atomic mass is 16.3. The Kier molecular flexibility index (Phi) is 3.98. The van der Waals surface area contributed by atoms with Crippen LogP contribution in [0.5, 0.6) is 0 Å². The minimum absolute atomic E-state index is 0.470. The number of nitrogens with zero attached hydrogens (tertiary/aromatic N) is 1. The van der Waals surface area contributed by atoms with Crippen molar-refractivity contribution in [3.63, 3.8) is 0 Å². The van der Waals surface area contributed by atoms with E-state index in [1.165, 1.54) is 11.1 Å². The number of hydrogen-bond donors (Lipinski definition) is 1. The Hall–Kier alpha value is -2.19. The predicted octanol–water partition coefficient (Wildman–Crippen LogP) is 4.21. The van der Waals surface area contributed by atoms with E-state index in [4.69, 9.17) is 0 Å². The van der Waals surface area contributed by atoms with E-state index >= 15 is 0 Å². The molecule has 1 heterocycles. The maximum absolute atomic E-state index is 10.4. The van der Waals surface area contributed by atoms with Gasteiger partial charge in [0.05, 0.1) is 11.6 Å². The fourth-order valence-electron chi connectivity index (χ4n) is 2.61. The molecule has 0 spiro atoms. The summed E-state index contributed by atoms with van der Waals surface area (Å²) < 4.78 is 0. The molecular formula is C19H19NO. The van der Waals surface area contributed by atoms with Crippen LogP contribution in [-0.2, 0) is 6.42 Å². The van der Waals surface area contributed by atoms with E-state index in [0.29, 0.717) is 6.42 Å². The van der Waals surface area contributed by atoms with Gasteiger partial charge in [0.25, 0.3) is 0 Å². The number of rotatable bonds is 4. The lowest BCUT2D eigenvalue weighted by atomic mass is 10.0. The van der Waals surface area contributed by atoms with Gasteiger partial charge in [0.15, 0.2) is 0 Å². The van der Waals surface area contributed by atoms with Gasteiger partial charge < -0.3 is 5.11 Å². The van der Waals surface area contributed by atoms with E-state index in [1.807, 2.05) is 30.3 Å². The van der Waals surface area contributed by atoms with Gasteiger partial charge in [-0.05, 0) is 43.0 Å². The summed E-state index contributed by atoms with van der Waals surface area (Å²) in [6.07, 6.45) is 2.89. The van der Waals surface area contributed by atoms with Gasteiger partial charge >= 0.3 is 0 Å².